The smallest absolute Gasteiger partial charge is 0.357 e. The molecule has 0 aromatic carbocycles. The molecule has 0 saturated heterocycles. The van der Waals surface area contributed by atoms with Crippen molar-refractivity contribution >= 4 is 28.3 Å². The fraction of sp³-hybridized carbons (Fsp3) is 0.583. The summed E-state index contributed by atoms with van der Waals surface area (Å²) in [6.07, 6.45) is 0. The number of methoxy groups -OCH3 is 1. The number of likely N-dealkylation sites (N-methyl/N-ethyl adjacent to an activating group) is 1. The van der Waals surface area contributed by atoms with Crippen LogP contribution in [0.3, 0.4) is 0 Å². The van der Waals surface area contributed by atoms with E-state index in [4.69, 9.17) is 0 Å². The number of anilines is 1. The number of ether oxygens (including phenoxy) is 1. The number of esters is 1. The number of thiazole rings is 1. The standard InChI is InChI=1S/C12H19N3O3S/c1-5-15(6-2)9(16)7-13-12-14-10(8(3)19-12)11(17)18-4/h5-7H2,1-4H3,(H,13,14). The Hall–Kier alpha value is -1.63. The van der Waals surface area contributed by atoms with Gasteiger partial charge in [0.2, 0.25) is 5.91 Å². The third-order valence-electron chi connectivity index (χ3n) is 2.68. The van der Waals surface area contributed by atoms with Crippen LogP contribution in [0.1, 0.15) is 29.2 Å². The third-order valence-corrected chi connectivity index (χ3v) is 3.61. The Bertz CT molecular complexity index is 455. The van der Waals surface area contributed by atoms with Gasteiger partial charge < -0.3 is 15.0 Å². The monoisotopic (exact) mass is 285 g/mol. The van der Waals surface area contributed by atoms with Gasteiger partial charge >= 0.3 is 5.97 Å². The van der Waals surface area contributed by atoms with Crippen molar-refractivity contribution in [3.63, 3.8) is 0 Å². The summed E-state index contributed by atoms with van der Waals surface area (Å²) in [4.78, 5) is 29.8. The number of carbonyl (C=O) groups is 2. The quantitative estimate of drug-likeness (QED) is 0.802. The van der Waals surface area contributed by atoms with Crippen LogP contribution in [0.2, 0.25) is 0 Å². The number of aryl methyl sites for hydroxylation is 1. The van der Waals surface area contributed by atoms with E-state index < -0.39 is 5.97 Å². The van der Waals surface area contributed by atoms with E-state index in [1.807, 2.05) is 13.8 Å². The lowest BCUT2D eigenvalue weighted by Crippen LogP contribution is -2.35. The normalized spacial score (nSPS) is 10.1. The van der Waals surface area contributed by atoms with Crippen LogP contribution < -0.4 is 5.32 Å². The van der Waals surface area contributed by atoms with Crippen molar-refractivity contribution in [1.82, 2.24) is 9.88 Å². The topological polar surface area (TPSA) is 71.5 Å². The van der Waals surface area contributed by atoms with Crippen LogP contribution in [0.4, 0.5) is 5.13 Å². The average molecular weight is 285 g/mol. The van der Waals surface area contributed by atoms with Crippen LogP contribution >= 0.6 is 11.3 Å². The highest BCUT2D eigenvalue weighted by molar-refractivity contribution is 7.15. The maximum Gasteiger partial charge on any atom is 0.357 e. The first-order valence-corrected chi connectivity index (χ1v) is 6.92. The molecule has 0 saturated carbocycles. The molecule has 0 radical (unpaired) electrons. The van der Waals surface area contributed by atoms with Gasteiger partial charge in [-0.05, 0) is 20.8 Å². The maximum absolute atomic E-state index is 11.8. The minimum absolute atomic E-state index is 0.0115. The van der Waals surface area contributed by atoms with Gasteiger partial charge in [0.25, 0.3) is 0 Å². The molecular weight excluding hydrogens is 266 g/mol. The van der Waals surface area contributed by atoms with E-state index in [1.54, 1.807) is 11.8 Å². The van der Waals surface area contributed by atoms with Crippen molar-refractivity contribution < 1.29 is 14.3 Å². The highest BCUT2D eigenvalue weighted by Crippen LogP contribution is 2.22. The van der Waals surface area contributed by atoms with Gasteiger partial charge in [0.05, 0.1) is 13.7 Å². The highest BCUT2D eigenvalue weighted by atomic mass is 32.1. The average Bonchev–Trinajstić information content (AvgIpc) is 2.78. The van der Waals surface area contributed by atoms with Crippen LogP contribution in [0, 0.1) is 6.92 Å². The third kappa shape index (κ3) is 3.92. The van der Waals surface area contributed by atoms with Gasteiger partial charge in [-0.1, -0.05) is 0 Å². The Balaban J connectivity index is 2.64. The lowest BCUT2D eigenvalue weighted by Gasteiger charge is -2.18. The molecule has 0 fully saturated rings. The molecule has 0 aliphatic heterocycles. The molecule has 0 spiro atoms. The SMILES string of the molecule is CCN(CC)C(=O)CNc1nc(C(=O)OC)c(C)s1. The number of rotatable bonds is 6. The fourth-order valence-corrected chi connectivity index (χ4v) is 2.39. The first-order valence-electron chi connectivity index (χ1n) is 6.10. The summed E-state index contributed by atoms with van der Waals surface area (Å²) in [5.41, 5.74) is 0.297. The van der Waals surface area contributed by atoms with Crippen LogP contribution in [-0.4, -0.2) is 48.5 Å². The lowest BCUT2D eigenvalue weighted by atomic mass is 10.4. The minimum Gasteiger partial charge on any atom is -0.464 e. The number of hydrogen-bond acceptors (Lipinski definition) is 6. The van der Waals surface area contributed by atoms with Crippen molar-refractivity contribution in [2.24, 2.45) is 0 Å². The Morgan fingerprint density at radius 1 is 1.37 bits per heavy atom. The van der Waals surface area contributed by atoms with Crippen molar-refractivity contribution in [3.8, 4) is 0 Å². The molecular formula is C12H19N3O3S. The number of nitrogens with one attached hydrogen (secondary N) is 1. The van der Waals surface area contributed by atoms with Gasteiger partial charge in [-0.2, -0.15) is 0 Å². The molecule has 1 N–H and O–H groups in total. The lowest BCUT2D eigenvalue weighted by molar-refractivity contribution is -0.128. The molecule has 19 heavy (non-hydrogen) atoms. The molecule has 0 aliphatic rings. The largest absolute Gasteiger partial charge is 0.464 e. The molecule has 1 aromatic heterocycles. The molecule has 0 atom stereocenters. The Morgan fingerprint density at radius 3 is 2.53 bits per heavy atom. The van der Waals surface area contributed by atoms with Crippen molar-refractivity contribution in [1.29, 1.82) is 0 Å². The van der Waals surface area contributed by atoms with Crippen LogP contribution in [0.25, 0.3) is 0 Å². The zero-order valence-corrected chi connectivity index (χ0v) is 12.5. The summed E-state index contributed by atoms with van der Waals surface area (Å²) in [6.45, 7) is 7.20. The second kappa shape index (κ2) is 7.08. The van der Waals surface area contributed by atoms with E-state index in [-0.39, 0.29) is 12.5 Å². The second-order valence-corrected chi connectivity index (χ2v) is 5.04. The van der Waals surface area contributed by atoms with E-state index in [1.165, 1.54) is 18.4 Å². The van der Waals surface area contributed by atoms with Crippen molar-refractivity contribution in [3.05, 3.63) is 10.6 Å². The summed E-state index contributed by atoms with van der Waals surface area (Å²) >= 11 is 1.33. The van der Waals surface area contributed by atoms with Gasteiger partial charge in [0, 0.05) is 18.0 Å². The number of carbonyl (C=O) groups excluding carboxylic acids is 2. The van der Waals surface area contributed by atoms with E-state index in [0.717, 1.165) is 4.88 Å². The summed E-state index contributed by atoms with van der Waals surface area (Å²) in [6, 6.07) is 0. The van der Waals surface area contributed by atoms with Gasteiger partial charge in [0.1, 0.15) is 0 Å². The highest BCUT2D eigenvalue weighted by Gasteiger charge is 2.16. The van der Waals surface area contributed by atoms with E-state index in [9.17, 15) is 9.59 Å². The molecule has 6 nitrogen and oxygen atoms in total. The Labute approximate surface area is 116 Å². The maximum atomic E-state index is 11.8. The molecule has 0 aliphatic carbocycles. The van der Waals surface area contributed by atoms with Crippen LogP contribution in [-0.2, 0) is 9.53 Å². The van der Waals surface area contributed by atoms with Gasteiger partial charge in [-0.3, -0.25) is 4.79 Å². The first kappa shape index (κ1) is 15.4. The number of aromatic nitrogens is 1. The molecule has 106 valence electrons. The van der Waals surface area contributed by atoms with E-state index in [2.05, 4.69) is 15.0 Å². The zero-order valence-electron chi connectivity index (χ0n) is 11.6. The summed E-state index contributed by atoms with van der Waals surface area (Å²) in [5, 5.41) is 3.50. The minimum atomic E-state index is -0.461. The number of nitrogens with zero attached hydrogens (tertiary/aromatic N) is 2. The van der Waals surface area contributed by atoms with Gasteiger partial charge in [0.15, 0.2) is 10.8 Å². The summed E-state index contributed by atoms with van der Waals surface area (Å²) < 4.78 is 4.63. The van der Waals surface area contributed by atoms with E-state index >= 15 is 0 Å². The summed E-state index contributed by atoms with van der Waals surface area (Å²) in [5.74, 6) is -0.450. The molecule has 1 rings (SSSR count). The van der Waals surface area contributed by atoms with E-state index in [0.29, 0.717) is 23.9 Å². The molecule has 7 heteroatoms. The molecule has 1 aromatic rings. The van der Waals surface area contributed by atoms with Crippen molar-refractivity contribution in [2.45, 2.75) is 20.8 Å². The molecule has 1 heterocycles. The Morgan fingerprint density at radius 2 is 2.00 bits per heavy atom. The molecule has 0 unspecified atom stereocenters. The Kier molecular flexibility index (Phi) is 5.75. The van der Waals surface area contributed by atoms with Crippen LogP contribution in [0.5, 0.6) is 0 Å². The summed E-state index contributed by atoms with van der Waals surface area (Å²) in [7, 11) is 1.32. The van der Waals surface area contributed by atoms with Crippen LogP contribution in [0.15, 0.2) is 0 Å². The second-order valence-electron chi connectivity index (χ2n) is 3.83. The zero-order chi connectivity index (χ0) is 14.4. The molecule has 1 amide bonds. The van der Waals surface area contributed by atoms with Crippen molar-refractivity contribution in [2.75, 3.05) is 32.1 Å². The number of amides is 1. The fourth-order valence-electron chi connectivity index (χ4n) is 1.60. The number of hydrogen-bond donors (Lipinski definition) is 1. The molecule has 0 bridgehead atoms. The predicted octanol–water partition coefficient (Wildman–Crippen LogP) is 1.52. The van der Waals surface area contributed by atoms with Gasteiger partial charge in [-0.15, -0.1) is 11.3 Å². The first-order chi connectivity index (χ1) is 9.03. The predicted molar refractivity (Wildman–Crippen MR) is 74.6 cm³/mol. The van der Waals surface area contributed by atoms with Gasteiger partial charge in [-0.25, -0.2) is 9.78 Å².